The van der Waals surface area contributed by atoms with Gasteiger partial charge >= 0.3 is 0 Å². The Labute approximate surface area is 85.7 Å². The molecule has 1 aromatic carbocycles. The number of fused-ring (bicyclic) bond motifs is 1. The van der Waals surface area contributed by atoms with Gasteiger partial charge in [-0.15, -0.1) is 0 Å². The fourth-order valence-corrected chi connectivity index (χ4v) is 1.57. The van der Waals surface area contributed by atoms with Crippen LogP contribution in [0.1, 0.15) is 15.9 Å². The molecule has 2 aromatic rings. The molecule has 0 aliphatic rings. The zero-order valence-corrected chi connectivity index (χ0v) is 8.12. The minimum Gasteiger partial charge on any atom is -0.366 e. The van der Waals surface area contributed by atoms with Crippen molar-refractivity contribution in [3.8, 4) is 0 Å². The summed E-state index contributed by atoms with van der Waals surface area (Å²) in [5, 5.41) is 0.617. The first-order valence-corrected chi connectivity index (χ1v) is 4.45. The minimum absolute atomic E-state index is 0.264. The smallest absolute Gasteiger partial charge is 0.250 e. The zero-order chi connectivity index (χ0) is 11.0. The van der Waals surface area contributed by atoms with Crippen molar-refractivity contribution >= 4 is 16.8 Å². The third kappa shape index (κ3) is 1.44. The Kier molecular flexibility index (Phi) is 2.11. The summed E-state index contributed by atoms with van der Waals surface area (Å²) < 4.78 is 13.3. The number of nitrogens with two attached hydrogens (primary N) is 1. The normalized spacial score (nSPS) is 10.5. The van der Waals surface area contributed by atoms with Crippen molar-refractivity contribution in [1.82, 2.24) is 4.98 Å². The molecule has 0 aliphatic heterocycles. The molecule has 3 nitrogen and oxygen atoms in total. The average molecular weight is 204 g/mol. The van der Waals surface area contributed by atoms with Crippen LogP contribution in [0, 0.1) is 12.7 Å². The number of hydrogen-bond donors (Lipinski definition) is 1. The second kappa shape index (κ2) is 3.31. The van der Waals surface area contributed by atoms with Crippen LogP contribution in [0.2, 0.25) is 0 Å². The topological polar surface area (TPSA) is 56.0 Å². The van der Waals surface area contributed by atoms with Gasteiger partial charge in [0.15, 0.2) is 0 Å². The zero-order valence-electron chi connectivity index (χ0n) is 8.12. The fourth-order valence-electron chi connectivity index (χ4n) is 1.57. The Morgan fingerprint density at radius 2 is 2.20 bits per heavy atom. The maximum Gasteiger partial charge on any atom is 0.250 e. The van der Waals surface area contributed by atoms with Crippen molar-refractivity contribution in [2.45, 2.75) is 6.92 Å². The molecule has 1 amide bonds. The second-order valence-electron chi connectivity index (χ2n) is 3.30. The lowest BCUT2D eigenvalue weighted by Crippen LogP contribution is -2.13. The van der Waals surface area contributed by atoms with Crippen LogP contribution in [-0.2, 0) is 0 Å². The molecule has 4 heteroatoms. The van der Waals surface area contributed by atoms with E-state index in [4.69, 9.17) is 5.73 Å². The highest BCUT2D eigenvalue weighted by Gasteiger charge is 2.10. The summed E-state index contributed by atoms with van der Waals surface area (Å²) in [7, 11) is 0. The first-order chi connectivity index (χ1) is 7.11. The molecule has 0 aliphatic carbocycles. The second-order valence-corrected chi connectivity index (χ2v) is 3.30. The first-order valence-electron chi connectivity index (χ1n) is 4.45. The number of carbonyl (C=O) groups is 1. The number of nitrogens with zero attached hydrogens (tertiary/aromatic N) is 1. The molecule has 0 unspecified atom stereocenters. The summed E-state index contributed by atoms with van der Waals surface area (Å²) in [4.78, 5) is 14.9. The Balaban J connectivity index is 2.86. The van der Waals surface area contributed by atoms with Gasteiger partial charge in [-0.3, -0.25) is 9.78 Å². The Bertz CT molecular complexity index is 552. The van der Waals surface area contributed by atoms with Gasteiger partial charge in [0.1, 0.15) is 11.3 Å². The summed E-state index contributed by atoms with van der Waals surface area (Å²) >= 11 is 0. The molecular formula is C11H9FN2O. The van der Waals surface area contributed by atoms with E-state index in [2.05, 4.69) is 4.98 Å². The molecule has 2 N–H and O–H groups in total. The Hall–Kier alpha value is -1.97. The van der Waals surface area contributed by atoms with E-state index in [0.29, 0.717) is 16.5 Å². The van der Waals surface area contributed by atoms with Gasteiger partial charge in [-0.2, -0.15) is 0 Å². The standard InChI is InChI=1S/C11H9FN2O/c1-6-7-3-2-4-9(12)10(7)14-5-8(6)11(13)15/h2-5H,1H3,(H2,13,15). The van der Waals surface area contributed by atoms with Gasteiger partial charge < -0.3 is 5.73 Å². The number of para-hydroxylation sites is 1. The average Bonchev–Trinajstić information content (AvgIpc) is 2.19. The van der Waals surface area contributed by atoms with Crippen molar-refractivity contribution in [3.63, 3.8) is 0 Å². The number of hydrogen-bond acceptors (Lipinski definition) is 2. The molecule has 0 radical (unpaired) electrons. The number of amides is 1. The number of aryl methyl sites for hydroxylation is 1. The monoisotopic (exact) mass is 204 g/mol. The van der Waals surface area contributed by atoms with Crippen LogP contribution in [-0.4, -0.2) is 10.9 Å². The lowest BCUT2D eigenvalue weighted by atomic mass is 10.0. The lowest BCUT2D eigenvalue weighted by Gasteiger charge is -2.05. The van der Waals surface area contributed by atoms with Gasteiger partial charge in [0.2, 0.25) is 0 Å². The number of aromatic nitrogens is 1. The van der Waals surface area contributed by atoms with Crippen LogP contribution < -0.4 is 5.73 Å². The number of carbonyl (C=O) groups excluding carboxylic acids is 1. The maximum atomic E-state index is 13.3. The van der Waals surface area contributed by atoms with Crippen LogP contribution in [0.4, 0.5) is 4.39 Å². The van der Waals surface area contributed by atoms with E-state index >= 15 is 0 Å². The molecule has 0 saturated heterocycles. The van der Waals surface area contributed by atoms with E-state index in [0.717, 1.165) is 0 Å². The summed E-state index contributed by atoms with van der Waals surface area (Å²) in [6, 6.07) is 4.63. The highest BCUT2D eigenvalue weighted by molar-refractivity contribution is 5.99. The van der Waals surface area contributed by atoms with Gasteiger partial charge in [0.05, 0.1) is 5.56 Å². The third-order valence-corrected chi connectivity index (χ3v) is 2.38. The highest BCUT2D eigenvalue weighted by Crippen LogP contribution is 2.21. The van der Waals surface area contributed by atoms with Crippen molar-refractivity contribution in [2.75, 3.05) is 0 Å². The Morgan fingerprint density at radius 1 is 1.47 bits per heavy atom. The summed E-state index contributed by atoms with van der Waals surface area (Å²) in [6.07, 6.45) is 1.31. The summed E-state index contributed by atoms with van der Waals surface area (Å²) in [5.41, 5.74) is 6.42. The lowest BCUT2D eigenvalue weighted by molar-refractivity contribution is 0.0999. The van der Waals surface area contributed by atoms with Crippen molar-refractivity contribution in [1.29, 1.82) is 0 Å². The van der Waals surface area contributed by atoms with E-state index < -0.39 is 11.7 Å². The van der Waals surface area contributed by atoms with E-state index in [1.165, 1.54) is 12.3 Å². The van der Waals surface area contributed by atoms with Crippen LogP contribution in [0.15, 0.2) is 24.4 Å². The number of benzene rings is 1. The van der Waals surface area contributed by atoms with Gasteiger partial charge in [-0.25, -0.2) is 4.39 Å². The minimum atomic E-state index is -0.550. The molecular weight excluding hydrogens is 195 g/mol. The molecule has 2 rings (SSSR count). The van der Waals surface area contributed by atoms with Gasteiger partial charge in [-0.1, -0.05) is 12.1 Å². The first kappa shape index (κ1) is 9.58. The van der Waals surface area contributed by atoms with Crippen LogP contribution >= 0.6 is 0 Å². The fraction of sp³-hybridized carbons (Fsp3) is 0.0909. The quantitative estimate of drug-likeness (QED) is 0.769. The molecule has 0 bridgehead atoms. The van der Waals surface area contributed by atoms with Crippen LogP contribution in [0.25, 0.3) is 10.9 Å². The predicted molar refractivity (Wildman–Crippen MR) is 55.0 cm³/mol. The van der Waals surface area contributed by atoms with Crippen LogP contribution in [0.3, 0.4) is 0 Å². The summed E-state index contributed by atoms with van der Waals surface area (Å²) in [6.45, 7) is 1.73. The van der Waals surface area contributed by atoms with Crippen molar-refractivity contribution in [2.24, 2.45) is 5.73 Å². The Morgan fingerprint density at radius 3 is 2.87 bits per heavy atom. The molecule has 1 aromatic heterocycles. The number of halogens is 1. The van der Waals surface area contributed by atoms with Crippen molar-refractivity contribution in [3.05, 3.63) is 41.3 Å². The molecule has 0 atom stereocenters. The molecule has 1 heterocycles. The van der Waals surface area contributed by atoms with Crippen LogP contribution in [0.5, 0.6) is 0 Å². The molecule has 15 heavy (non-hydrogen) atoms. The van der Waals surface area contributed by atoms with E-state index in [-0.39, 0.29) is 5.52 Å². The SMILES string of the molecule is Cc1c(C(N)=O)cnc2c(F)cccc12. The third-order valence-electron chi connectivity index (χ3n) is 2.38. The van der Waals surface area contributed by atoms with E-state index in [9.17, 15) is 9.18 Å². The summed E-state index contributed by atoms with van der Waals surface area (Å²) in [5.74, 6) is -0.946. The number of primary amides is 1. The predicted octanol–water partition coefficient (Wildman–Crippen LogP) is 1.78. The van der Waals surface area contributed by atoms with Gasteiger partial charge in [0, 0.05) is 11.6 Å². The van der Waals surface area contributed by atoms with Crippen molar-refractivity contribution < 1.29 is 9.18 Å². The molecule has 76 valence electrons. The number of pyridine rings is 1. The molecule has 0 saturated carbocycles. The largest absolute Gasteiger partial charge is 0.366 e. The number of rotatable bonds is 1. The van der Waals surface area contributed by atoms with Gasteiger partial charge in [-0.05, 0) is 18.6 Å². The van der Waals surface area contributed by atoms with E-state index in [1.54, 1.807) is 19.1 Å². The molecule has 0 spiro atoms. The highest BCUT2D eigenvalue weighted by atomic mass is 19.1. The van der Waals surface area contributed by atoms with Gasteiger partial charge in [0.25, 0.3) is 5.91 Å². The van der Waals surface area contributed by atoms with E-state index in [1.807, 2.05) is 0 Å². The molecule has 0 fully saturated rings. The maximum absolute atomic E-state index is 13.3.